The Labute approximate surface area is 679 Å². The number of carbonyl (C=O) groups is 6. The number of amides is 2. The van der Waals surface area contributed by atoms with Gasteiger partial charge in [-0.05, 0) is 138 Å². The number of methoxy groups -OCH3 is 3. The Balaban J connectivity index is 0.663. The number of aromatic nitrogens is 6. The number of esters is 1. The maximum absolute atomic E-state index is 14.8. The molecule has 2 saturated heterocycles. The van der Waals surface area contributed by atoms with Crippen molar-refractivity contribution in [3.05, 3.63) is 101 Å². The Bertz CT molecular complexity index is 4030. The van der Waals surface area contributed by atoms with Crippen LogP contribution in [0.25, 0.3) is 11.1 Å². The molecule has 116 heavy (non-hydrogen) atoms. The van der Waals surface area contributed by atoms with E-state index in [1.807, 2.05) is 44.2 Å². The molecule has 9 rings (SSSR count). The number of nitrogen functional groups attached to an aromatic ring is 2. The molecule has 0 radical (unpaired) electrons. The van der Waals surface area contributed by atoms with Gasteiger partial charge >= 0.3 is 5.97 Å². The molecule has 7 heterocycles. The number of ether oxygens (including phenoxy) is 11. The van der Waals surface area contributed by atoms with E-state index >= 15 is 0 Å². The minimum atomic E-state index is -2.75. The summed E-state index contributed by atoms with van der Waals surface area (Å²) >= 11 is 0. The number of cyclic esters (lactones) is 1. The van der Waals surface area contributed by atoms with Crippen molar-refractivity contribution >= 4 is 63.8 Å². The summed E-state index contributed by atoms with van der Waals surface area (Å²) in [6, 6.07) is 4.19. The molecular weight excluding hydrogens is 1500 g/mol. The zero-order valence-electron chi connectivity index (χ0n) is 69.1. The van der Waals surface area contributed by atoms with Gasteiger partial charge in [0, 0.05) is 83.4 Å². The van der Waals surface area contributed by atoms with E-state index in [9.17, 15) is 44.1 Å². The number of anilines is 2. The van der Waals surface area contributed by atoms with Crippen molar-refractivity contribution in [3.63, 3.8) is 0 Å². The number of hydrogen-bond acceptors (Lipinski definition) is 29. The van der Waals surface area contributed by atoms with Gasteiger partial charge in [0.1, 0.15) is 53.5 Å². The third-order valence-corrected chi connectivity index (χ3v) is 22.6. The molecule has 2 amide bonds. The monoisotopic (exact) mass is 1620 g/mol. The van der Waals surface area contributed by atoms with E-state index in [1.165, 1.54) is 20.5 Å². The largest absolute Gasteiger partial charge is 0.460 e. The molecule has 3 fully saturated rings. The highest BCUT2D eigenvalue weighted by atomic mass is 16.7. The molecule has 8 N–H and O–H groups in total. The number of unbranched alkanes of at least 4 members (excludes halogenated alkanes) is 1. The number of aliphatic hydroxyl groups excluding tert-OH is 1. The smallest absolute Gasteiger partial charge is 0.329 e. The molecule has 1 unspecified atom stereocenters. The Morgan fingerprint density at radius 1 is 0.810 bits per heavy atom. The van der Waals surface area contributed by atoms with Crippen molar-refractivity contribution in [1.29, 1.82) is 0 Å². The number of nitrogens with two attached hydrogens (primary N) is 2. The van der Waals surface area contributed by atoms with Crippen LogP contribution >= 0.6 is 0 Å². The molecule has 1 aliphatic carbocycles. The number of piperidine rings is 1. The zero-order valence-corrected chi connectivity index (χ0v) is 69.1. The second-order valence-electron chi connectivity index (χ2n) is 31.5. The minimum absolute atomic E-state index is 0.00868. The van der Waals surface area contributed by atoms with Gasteiger partial charge in [0.2, 0.25) is 11.7 Å². The molecule has 32 nitrogen and oxygen atoms in total. The average Bonchev–Trinajstić information content (AvgIpc) is 1.52. The number of Topliss-reactive ketones (excluding diaryl/α,β-unsaturated/α-hetero) is 3. The number of hydrogen-bond donors (Lipinski definition) is 6. The summed E-state index contributed by atoms with van der Waals surface area (Å²) in [5.74, 6) is -11.1. The van der Waals surface area contributed by atoms with Crippen molar-refractivity contribution in [2.75, 3.05) is 112 Å². The summed E-state index contributed by atoms with van der Waals surface area (Å²) < 4.78 is 71.9. The first-order chi connectivity index (χ1) is 55.7. The normalized spacial score (nSPS) is 29.6. The average molecular weight is 1620 g/mol. The number of ketones is 3. The quantitative estimate of drug-likeness (QED) is 0.0115. The molecule has 4 aromatic rings. The molecule has 3 aromatic heterocycles. The highest BCUT2D eigenvalue weighted by Gasteiger charge is 2.57. The van der Waals surface area contributed by atoms with Gasteiger partial charge in [-0.25, -0.2) is 19.4 Å². The molecule has 0 spiro atoms. The molecule has 1 saturated carbocycles. The highest BCUT2D eigenvalue weighted by Crippen LogP contribution is 2.43. The zero-order chi connectivity index (χ0) is 83.5. The standard InChI is InChI=1S/C84H123N11O21/c1-52-18-12-11-13-19-53(2)70(106-9)48-83(103)28-26-58(7)84(104,116-83)78(100)80(101)95-30-17-15-21-64(95)81(102)114-68(47-65(96)54(3)43-57(6)76(99)77(107-10)75(98)56(5)42-52)55(4)44-59-22-24-67(69(45-59)105-8)113-41-40-112-50-61-49-94(93-92-61)31-33-109-35-37-111-39-38-110-36-34-108-32-27-71(97)87-29-16-14-20-62-74-72(79(85)89-51-88-74)73(90-62)60-23-25-66-63(46-60)91-82(86)115-66/h11-13,18-19,23,25,43,46,49,51-52,54-56,58-59,62,64,67-70,76-77,99,103-104H,14-17,20-22,24,26-42,44-45,47-48,50H2,1-10H3,(H2,86,91)(H,87,97)(H2,85,88,89)/b13-11+,18-12+,53-19+,57-43+/t52-,54-,55-,56-,58-,59+,62?,64+,67-,68+,69-,70+,76-,77+,83+,84-/m1/s1. The number of rotatable bonds is 33. The van der Waals surface area contributed by atoms with Crippen molar-refractivity contribution in [2.24, 2.45) is 40.5 Å². The molecule has 640 valence electrons. The summed E-state index contributed by atoms with van der Waals surface area (Å²) in [4.78, 5) is 104. The minimum Gasteiger partial charge on any atom is -0.460 e. The van der Waals surface area contributed by atoms with E-state index in [0.717, 1.165) is 41.8 Å². The SMILES string of the molecule is CO[C@H]1C[C@]2(O)CC[C@@H](C)[C@@](O)(O2)C(=O)C(=O)N2CCCC[C@H]2C(=O)O[C@H]([C@H](C)C[C@@H]2CC[C@@H](OCCOCc3cn(CCOCCOCCOCCOCCC(=O)NCCCCC4N=C(c5ccc6oc(N)nc6c5)c5c(N)ncnc54)nn3)[C@H](OC)C2)CC(=O)[C@H](C)/C=C(\C)[C@@H](O)[C@@H](OC)C(=O)[C@H](C)C[C@H](C)/C=C/C=C/C=C/1C. The van der Waals surface area contributed by atoms with E-state index in [1.54, 1.807) is 76.9 Å². The van der Waals surface area contributed by atoms with Gasteiger partial charge in [-0.2, -0.15) is 4.98 Å². The van der Waals surface area contributed by atoms with Crippen LogP contribution in [0.4, 0.5) is 11.8 Å². The summed E-state index contributed by atoms with van der Waals surface area (Å²) in [6.45, 7) is 17.1. The maximum Gasteiger partial charge on any atom is 0.329 e. The second kappa shape index (κ2) is 45.3. The molecule has 2 bridgehead atoms. The van der Waals surface area contributed by atoms with Crippen LogP contribution in [0, 0.1) is 35.5 Å². The maximum atomic E-state index is 14.8. The predicted molar refractivity (Wildman–Crippen MR) is 428 cm³/mol. The summed E-state index contributed by atoms with van der Waals surface area (Å²) in [6.07, 6.45) is 15.5. The van der Waals surface area contributed by atoms with Gasteiger partial charge in [0.05, 0.1) is 127 Å². The van der Waals surface area contributed by atoms with E-state index in [4.69, 9.17) is 73.0 Å². The van der Waals surface area contributed by atoms with Gasteiger partial charge in [-0.1, -0.05) is 76.3 Å². The number of oxazole rings is 1. The summed E-state index contributed by atoms with van der Waals surface area (Å²) in [7, 11) is 4.47. The number of carbonyl (C=O) groups excluding carboxylic acids is 6. The number of benzene rings is 1. The van der Waals surface area contributed by atoms with E-state index < -0.39 is 83.4 Å². The first kappa shape index (κ1) is 91.9. The second-order valence-corrected chi connectivity index (χ2v) is 31.5. The van der Waals surface area contributed by atoms with Gasteiger partial charge in [-0.3, -0.25) is 29.0 Å². The fourth-order valence-electron chi connectivity index (χ4n) is 15.8. The molecule has 4 aliphatic heterocycles. The van der Waals surface area contributed by atoms with E-state index in [2.05, 4.69) is 30.6 Å². The third-order valence-electron chi connectivity index (χ3n) is 22.6. The third kappa shape index (κ3) is 26.0. The lowest BCUT2D eigenvalue weighted by Crippen LogP contribution is -2.63. The Kier molecular flexibility index (Phi) is 35.9. The molecule has 5 aliphatic rings. The van der Waals surface area contributed by atoms with Crippen LogP contribution in [0.2, 0.25) is 0 Å². The fourth-order valence-corrected chi connectivity index (χ4v) is 15.8. The number of aliphatic hydroxyl groups is 3. The van der Waals surface area contributed by atoms with Crippen LogP contribution in [0.15, 0.2) is 87.7 Å². The van der Waals surface area contributed by atoms with Crippen LogP contribution in [0.3, 0.4) is 0 Å². The van der Waals surface area contributed by atoms with Gasteiger partial charge in [-0.15, -0.1) is 5.10 Å². The highest BCUT2D eigenvalue weighted by molar-refractivity contribution is 6.39. The molecule has 32 heteroatoms. The summed E-state index contributed by atoms with van der Waals surface area (Å²) in [5, 5.41) is 47.2. The van der Waals surface area contributed by atoms with E-state index in [0.29, 0.717) is 150 Å². The van der Waals surface area contributed by atoms with Crippen LogP contribution in [-0.2, 0) is 94.0 Å². The topological polar surface area (TPSA) is 427 Å². The lowest BCUT2D eigenvalue weighted by Gasteiger charge is -2.46. The van der Waals surface area contributed by atoms with Crippen molar-refractivity contribution in [1.82, 2.24) is 40.2 Å². The molecule has 1 aromatic carbocycles. The Morgan fingerprint density at radius 3 is 2.29 bits per heavy atom. The van der Waals surface area contributed by atoms with Crippen molar-refractivity contribution in [2.45, 2.75) is 225 Å². The van der Waals surface area contributed by atoms with Crippen LogP contribution in [-0.4, -0.2) is 246 Å². The van der Waals surface area contributed by atoms with Crippen LogP contribution < -0.4 is 16.8 Å². The number of aliphatic imine (C=N–C) groups is 1. The first-order valence-electron chi connectivity index (χ1n) is 41.0. The van der Waals surface area contributed by atoms with Crippen LogP contribution in [0.1, 0.15) is 180 Å². The number of fused-ring (bicyclic) bond motifs is 5. The van der Waals surface area contributed by atoms with E-state index in [-0.39, 0.29) is 118 Å². The summed E-state index contributed by atoms with van der Waals surface area (Å²) in [5.41, 5.74) is 18.0. The predicted octanol–water partition coefficient (Wildman–Crippen LogP) is 7.76. The van der Waals surface area contributed by atoms with Crippen molar-refractivity contribution < 1.29 is 101 Å². The fraction of sp³-hybridized carbons (Fsp3) is 0.667. The lowest BCUT2D eigenvalue weighted by atomic mass is 9.78. The lowest BCUT2D eigenvalue weighted by molar-refractivity contribution is -0.360. The van der Waals surface area contributed by atoms with Gasteiger partial charge in [0.15, 0.2) is 17.2 Å². The Hall–Kier alpha value is -7.96. The van der Waals surface area contributed by atoms with Gasteiger partial charge < -0.3 is 93.5 Å². The number of nitrogens with zero attached hydrogens (tertiary/aromatic N) is 8. The molecule has 16 atom stereocenters. The number of nitrogens with one attached hydrogen (secondary N) is 1. The first-order valence-corrected chi connectivity index (χ1v) is 41.0. The number of allylic oxidation sites excluding steroid dienone is 6. The van der Waals surface area contributed by atoms with Gasteiger partial charge in [0.25, 0.3) is 17.7 Å². The molecular formula is C84H123N11O21. The Morgan fingerprint density at radius 2 is 1.55 bits per heavy atom. The van der Waals surface area contributed by atoms with Crippen molar-refractivity contribution in [3.8, 4) is 0 Å². The van der Waals surface area contributed by atoms with Crippen LogP contribution in [0.5, 0.6) is 0 Å².